The van der Waals surface area contributed by atoms with E-state index < -0.39 is 11.9 Å². The van der Waals surface area contributed by atoms with E-state index in [0.29, 0.717) is 56.0 Å². The fourth-order valence-electron chi connectivity index (χ4n) is 3.82. The van der Waals surface area contributed by atoms with Crippen molar-refractivity contribution < 1.29 is 22.6 Å². The van der Waals surface area contributed by atoms with Gasteiger partial charge in [0.15, 0.2) is 11.5 Å². The Labute approximate surface area is 225 Å². The maximum Gasteiger partial charge on any atom is 0.436 e. The summed E-state index contributed by atoms with van der Waals surface area (Å²) < 4.78 is 50.6. The molecule has 216 valence electrons. The number of aromatic nitrogens is 2. The number of anilines is 2. The summed E-state index contributed by atoms with van der Waals surface area (Å²) in [6.07, 6.45) is 3.04. The predicted molar refractivity (Wildman–Crippen MR) is 149 cm³/mol. The molecule has 2 N–H and O–H groups in total. The number of nitrogens with zero attached hydrogens (tertiary/aromatic N) is 4. The molecule has 2 aliphatic rings. The standard InChI is InChI=1S/C22H31F3N6O2.C3H8.C2H6/c1-3-5-18(20(27-2)22(23,24)25)33-14-15-6-4-7-31(11-15)19-10-28-17(8-26)21(30-19)29-9-16-12-32-13-16;1-3-2;1-2/h5,8,10,15-16,26H,3-4,6-7,9,11-14H2,1-2H3,(H,29,30);3H2,1-2H3;1-2H3/b18-5+,26-8?,27-20?;;. The number of aliphatic imine (C=N–C) groups is 1. The van der Waals surface area contributed by atoms with Gasteiger partial charge in [-0.15, -0.1) is 0 Å². The van der Waals surface area contributed by atoms with Gasteiger partial charge in [-0.3, -0.25) is 4.99 Å². The summed E-state index contributed by atoms with van der Waals surface area (Å²) in [5, 5.41) is 10.8. The summed E-state index contributed by atoms with van der Waals surface area (Å²) in [7, 11) is 1.12. The van der Waals surface area contributed by atoms with Crippen molar-refractivity contribution in [3.8, 4) is 0 Å². The third-order valence-corrected chi connectivity index (χ3v) is 5.62. The van der Waals surface area contributed by atoms with Crippen LogP contribution in [0.1, 0.15) is 66.0 Å². The highest BCUT2D eigenvalue weighted by Gasteiger charge is 2.39. The largest absolute Gasteiger partial charge is 0.491 e. The predicted octanol–water partition coefficient (Wildman–Crippen LogP) is 6.14. The first-order chi connectivity index (χ1) is 18.3. The van der Waals surface area contributed by atoms with E-state index in [1.165, 1.54) is 18.7 Å². The van der Waals surface area contributed by atoms with E-state index in [4.69, 9.17) is 14.9 Å². The maximum absolute atomic E-state index is 13.3. The second-order valence-corrected chi connectivity index (χ2v) is 8.91. The molecule has 0 saturated carbocycles. The van der Waals surface area contributed by atoms with Crippen LogP contribution in [-0.2, 0) is 9.47 Å². The summed E-state index contributed by atoms with van der Waals surface area (Å²) in [4.78, 5) is 14.5. The van der Waals surface area contributed by atoms with Crippen LogP contribution in [0.3, 0.4) is 0 Å². The number of halogens is 3. The minimum absolute atomic E-state index is 0.0399. The molecule has 3 heterocycles. The van der Waals surface area contributed by atoms with Gasteiger partial charge < -0.3 is 25.1 Å². The average Bonchev–Trinajstić information content (AvgIpc) is 2.88. The van der Waals surface area contributed by atoms with Crippen molar-refractivity contribution >= 4 is 23.6 Å². The van der Waals surface area contributed by atoms with Crippen molar-refractivity contribution in [1.82, 2.24) is 9.97 Å². The average molecular weight is 543 g/mol. The molecule has 0 amide bonds. The highest BCUT2D eigenvalue weighted by atomic mass is 19.4. The second-order valence-electron chi connectivity index (χ2n) is 8.91. The first-order valence-electron chi connectivity index (χ1n) is 13.6. The lowest BCUT2D eigenvalue weighted by molar-refractivity contribution is -0.0610. The van der Waals surface area contributed by atoms with Gasteiger partial charge in [0.05, 0.1) is 26.0 Å². The van der Waals surface area contributed by atoms with Gasteiger partial charge >= 0.3 is 6.18 Å². The van der Waals surface area contributed by atoms with Crippen LogP contribution < -0.4 is 10.2 Å². The van der Waals surface area contributed by atoms with Crippen LogP contribution in [0.5, 0.6) is 0 Å². The molecule has 0 bridgehead atoms. The van der Waals surface area contributed by atoms with Crippen molar-refractivity contribution in [3.05, 3.63) is 23.7 Å². The van der Waals surface area contributed by atoms with Gasteiger partial charge in [0.25, 0.3) is 0 Å². The molecule has 11 heteroatoms. The van der Waals surface area contributed by atoms with Crippen LogP contribution in [0.2, 0.25) is 0 Å². The Bertz CT molecular complexity index is 888. The third-order valence-electron chi connectivity index (χ3n) is 5.62. The Balaban J connectivity index is 0.00000135. The molecule has 8 nitrogen and oxygen atoms in total. The summed E-state index contributed by atoms with van der Waals surface area (Å²) in [6, 6.07) is 0. The Hall–Kier alpha value is -2.69. The molecular weight excluding hydrogens is 497 g/mol. The summed E-state index contributed by atoms with van der Waals surface area (Å²) >= 11 is 0. The highest BCUT2D eigenvalue weighted by molar-refractivity contribution is 6.02. The molecule has 0 spiro atoms. The molecule has 1 atom stereocenters. The summed E-state index contributed by atoms with van der Waals surface area (Å²) in [5.41, 5.74) is -0.526. The number of nitrogens with one attached hydrogen (secondary N) is 2. The minimum atomic E-state index is -4.56. The van der Waals surface area contributed by atoms with E-state index in [2.05, 4.69) is 39.0 Å². The molecular formula is C27H45F3N6O2. The van der Waals surface area contributed by atoms with E-state index in [-0.39, 0.29) is 18.3 Å². The fourth-order valence-corrected chi connectivity index (χ4v) is 3.82. The SMILES string of the molecule is CC.CC/C=C(/OCC1CCCN(c2cnc(C=N)c(NCC3COC3)n2)C1)C(=NC)C(F)(F)F.CCC. The topological polar surface area (TPSA) is 95.7 Å². The van der Waals surface area contributed by atoms with E-state index >= 15 is 0 Å². The smallest absolute Gasteiger partial charge is 0.436 e. The number of ether oxygens (including phenoxy) is 2. The van der Waals surface area contributed by atoms with Crippen LogP contribution in [0.4, 0.5) is 24.8 Å². The number of hydrogen-bond donors (Lipinski definition) is 2. The molecule has 1 unspecified atom stereocenters. The lowest BCUT2D eigenvalue weighted by atomic mass is 9.99. The van der Waals surface area contributed by atoms with Gasteiger partial charge in [0.2, 0.25) is 0 Å². The van der Waals surface area contributed by atoms with Crippen molar-refractivity contribution in [2.24, 2.45) is 16.8 Å². The lowest BCUT2D eigenvalue weighted by Crippen LogP contribution is -2.38. The van der Waals surface area contributed by atoms with Crippen LogP contribution in [0.15, 0.2) is 23.0 Å². The molecule has 2 saturated heterocycles. The van der Waals surface area contributed by atoms with Crippen LogP contribution in [-0.4, -0.2) is 74.6 Å². The Morgan fingerprint density at radius 2 is 1.95 bits per heavy atom. The van der Waals surface area contributed by atoms with Gasteiger partial charge in [0, 0.05) is 44.7 Å². The second kappa shape index (κ2) is 17.8. The lowest BCUT2D eigenvalue weighted by Gasteiger charge is -2.34. The molecule has 2 fully saturated rings. The molecule has 1 aromatic heterocycles. The Morgan fingerprint density at radius 3 is 2.47 bits per heavy atom. The monoisotopic (exact) mass is 542 g/mol. The van der Waals surface area contributed by atoms with Gasteiger partial charge in [-0.05, 0) is 25.3 Å². The molecule has 0 aliphatic carbocycles. The van der Waals surface area contributed by atoms with E-state index in [1.807, 2.05) is 13.8 Å². The molecule has 3 rings (SSSR count). The zero-order chi connectivity index (χ0) is 28.6. The Kier molecular flexibility index (Phi) is 15.6. The molecule has 0 radical (unpaired) electrons. The van der Waals surface area contributed by atoms with Gasteiger partial charge in [-0.2, -0.15) is 13.2 Å². The summed E-state index contributed by atoms with van der Waals surface area (Å²) in [5.74, 6) is 1.47. The molecule has 0 aromatic carbocycles. The van der Waals surface area contributed by atoms with Gasteiger partial charge in [-0.1, -0.05) is 41.0 Å². The van der Waals surface area contributed by atoms with E-state index in [9.17, 15) is 13.2 Å². The van der Waals surface area contributed by atoms with Gasteiger partial charge in [0.1, 0.15) is 17.3 Å². The van der Waals surface area contributed by atoms with Crippen LogP contribution in [0, 0.1) is 17.2 Å². The van der Waals surface area contributed by atoms with Gasteiger partial charge in [-0.25, -0.2) is 9.97 Å². The molecule has 2 aliphatic heterocycles. The van der Waals surface area contributed by atoms with Crippen LogP contribution in [0.25, 0.3) is 0 Å². The van der Waals surface area contributed by atoms with Crippen molar-refractivity contribution in [2.45, 2.75) is 66.5 Å². The van der Waals surface area contributed by atoms with Crippen molar-refractivity contribution in [2.75, 3.05) is 56.7 Å². The highest BCUT2D eigenvalue weighted by Crippen LogP contribution is 2.27. The molecule has 1 aromatic rings. The normalized spacial score (nSPS) is 18.3. The number of allylic oxidation sites excluding steroid dienone is 2. The molecule has 38 heavy (non-hydrogen) atoms. The first-order valence-corrected chi connectivity index (χ1v) is 13.6. The quantitative estimate of drug-likeness (QED) is 0.273. The maximum atomic E-state index is 13.3. The minimum Gasteiger partial charge on any atom is -0.491 e. The third kappa shape index (κ3) is 10.6. The first kappa shape index (κ1) is 33.3. The Morgan fingerprint density at radius 1 is 1.26 bits per heavy atom. The number of alkyl halides is 3. The van der Waals surface area contributed by atoms with E-state index in [1.54, 1.807) is 13.1 Å². The number of piperidine rings is 1. The fraction of sp³-hybridized carbons (Fsp3) is 0.704. The zero-order valence-electron chi connectivity index (χ0n) is 23.7. The van der Waals surface area contributed by atoms with Crippen molar-refractivity contribution in [1.29, 1.82) is 5.41 Å². The zero-order valence-corrected chi connectivity index (χ0v) is 23.7. The van der Waals surface area contributed by atoms with Crippen molar-refractivity contribution in [3.63, 3.8) is 0 Å². The van der Waals surface area contributed by atoms with Crippen LogP contribution >= 0.6 is 0 Å². The summed E-state index contributed by atoms with van der Waals surface area (Å²) in [6.45, 7) is 13.7. The number of rotatable bonds is 10. The van der Waals surface area contributed by atoms with E-state index in [0.717, 1.165) is 26.4 Å². The number of hydrogen-bond acceptors (Lipinski definition) is 8.